The van der Waals surface area contributed by atoms with Gasteiger partial charge in [0, 0.05) is 18.1 Å². The fraction of sp³-hybridized carbons (Fsp3) is 0.462. The fourth-order valence-corrected chi connectivity index (χ4v) is 2.30. The van der Waals surface area contributed by atoms with E-state index in [0.717, 1.165) is 10.0 Å². The Morgan fingerprint density at radius 1 is 1.47 bits per heavy atom. The van der Waals surface area contributed by atoms with Crippen molar-refractivity contribution in [1.82, 2.24) is 5.32 Å². The largest absolute Gasteiger partial charge is 0.380 e. The molecule has 3 N–H and O–H groups in total. The molecule has 0 aliphatic carbocycles. The van der Waals surface area contributed by atoms with Crippen molar-refractivity contribution < 1.29 is 9.53 Å². The molecule has 0 saturated heterocycles. The van der Waals surface area contributed by atoms with Crippen LogP contribution in [0, 0.1) is 0 Å². The van der Waals surface area contributed by atoms with Crippen LogP contribution in [0.25, 0.3) is 0 Å². The highest BCUT2D eigenvalue weighted by molar-refractivity contribution is 9.10. The van der Waals surface area contributed by atoms with Crippen molar-refractivity contribution in [1.29, 1.82) is 0 Å². The van der Waals surface area contributed by atoms with E-state index in [2.05, 4.69) is 21.2 Å². The standard InChI is InChI=1S/C13H19BrN2O2.ClH/c1-9(11-5-3-4-6-12(11)14)16-13(17)7-10(8-15)18-2;/h3-6,9-10H,7-8,15H2,1-2H3,(H,16,17);1H. The minimum atomic E-state index is -0.226. The van der Waals surface area contributed by atoms with Gasteiger partial charge >= 0.3 is 0 Å². The molecule has 1 aromatic rings. The van der Waals surface area contributed by atoms with Crippen LogP contribution >= 0.6 is 28.3 Å². The summed E-state index contributed by atoms with van der Waals surface area (Å²) in [6, 6.07) is 7.77. The first kappa shape index (κ1) is 18.4. The van der Waals surface area contributed by atoms with E-state index in [1.165, 1.54) is 0 Å². The molecule has 2 atom stereocenters. The van der Waals surface area contributed by atoms with Crippen LogP contribution in [0.2, 0.25) is 0 Å². The summed E-state index contributed by atoms with van der Waals surface area (Å²) in [5.41, 5.74) is 6.53. The van der Waals surface area contributed by atoms with E-state index in [1.807, 2.05) is 31.2 Å². The van der Waals surface area contributed by atoms with Gasteiger partial charge in [0.1, 0.15) is 0 Å². The maximum absolute atomic E-state index is 11.8. The predicted molar refractivity (Wildman–Crippen MR) is 82.4 cm³/mol. The lowest BCUT2D eigenvalue weighted by Gasteiger charge is -2.18. The Hall–Kier alpha value is -0.620. The summed E-state index contributed by atoms with van der Waals surface area (Å²) in [6.07, 6.45) is 0.0540. The van der Waals surface area contributed by atoms with Gasteiger partial charge in [0.2, 0.25) is 5.91 Å². The molecule has 1 aromatic carbocycles. The second-order valence-electron chi connectivity index (χ2n) is 4.11. The Morgan fingerprint density at radius 3 is 2.63 bits per heavy atom. The topological polar surface area (TPSA) is 64.3 Å². The van der Waals surface area contributed by atoms with Gasteiger partial charge in [-0.25, -0.2) is 0 Å². The number of nitrogens with one attached hydrogen (secondary N) is 1. The quantitative estimate of drug-likeness (QED) is 0.827. The third-order valence-corrected chi connectivity index (χ3v) is 3.48. The van der Waals surface area contributed by atoms with Crippen molar-refractivity contribution in [3.05, 3.63) is 34.3 Å². The number of carbonyl (C=O) groups excluding carboxylic acids is 1. The van der Waals surface area contributed by atoms with E-state index in [9.17, 15) is 4.79 Å². The Balaban J connectivity index is 0.00000324. The van der Waals surface area contributed by atoms with Crippen LogP contribution in [0.4, 0.5) is 0 Å². The van der Waals surface area contributed by atoms with Gasteiger partial charge in [0.25, 0.3) is 0 Å². The highest BCUT2D eigenvalue weighted by Crippen LogP contribution is 2.22. The lowest BCUT2D eigenvalue weighted by molar-refractivity contribution is -0.124. The van der Waals surface area contributed by atoms with Crippen molar-refractivity contribution in [2.45, 2.75) is 25.5 Å². The smallest absolute Gasteiger partial charge is 0.223 e. The molecule has 19 heavy (non-hydrogen) atoms. The number of nitrogens with two attached hydrogens (primary N) is 1. The number of hydrogen-bond acceptors (Lipinski definition) is 3. The van der Waals surface area contributed by atoms with Gasteiger partial charge in [-0.3, -0.25) is 4.79 Å². The van der Waals surface area contributed by atoms with Gasteiger partial charge in [-0.05, 0) is 18.6 Å². The lowest BCUT2D eigenvalue weighted by atomic mass is 10.1. The number of hydrogen-bond donors (Lipinski definition) is 2. The number of amides is 1. The van der Waals surface area contributed by atoms with E-state index in [1.54, 1.807) is 7.11 Å². The molecule has 0 aliphatic rings. The molecule has 0 spiro atoms. The molecular formula is C13H20BrClN2O2. The molecule has 0 aromatic heterocycles. The molecule has 0 bridgehead atoms. The molecule has 2 unspecified atom stereocenters. The number of rotatable bonds is 6. The Bertz CT molecular complexity index is 400. The first-order valence-electron chi connectivity index (χ1n) is 5.85. The summed E-state index contributed by atoms with van der Waals surface area (Å²) >= 11 is 3.47. The van der Waals surface area contributed by atoms with Crippen molar-refractivity contribution in [2.24, 2.45) is 5.73 Å². The molecule has 0 heterocycles. The number of carbonyl (C=O) groups is 1. The first-order chi connectivity index (χ1) is 8.58. The van der Waals surface area contributed by atoms with Gasteiger partial charge in [0.05, 0.1) is 18.6 Å². The summed E-state index contributed by atoms with van der Waals surface area (Å²) in [4.78, 5) is 11.8. The maximum atomic E-state index is 11.8. The molecular weight excluding hydrogens is 332 g/mol. The highest BCUT2D eigenvalue weighted by Gasteiger charge is 2.15. The molecule has 4 nitrogen and oxygen atoms in total. The zero-order chi connectivity index (χ0) is 13.5. The van der Waals surface area contributed by atoms with Crippen LogP contribution in [-0.2, 0) is 9.53 Å². The van der Waals surface area contributed by atoms with E-state index in [4.69, 9.17) is 10.5 Å². The molecule has 0 radical (unpaired) electrons. The monoisotopic (exact) mass is 350 g/mol. The number of methoxy groups -OCH3 is 1. The van der Waals surface area contributed by atoms with E-state index in [-0.39, 0.29) is 36.9 Å². The van der Waals surface area contributed by atoms with Crippen LogP contribution in [0.15, 0.2) is 28.7 Å². The fourth-order valence-electron chi connectivity index (χ4n) is 1.67. The maximum Gasteiger partial charge on any atom is 0.223 e. The van der Waals surface area contributed by atoms with Crippen molar-refractivity contribution in [2.75, 3.05) is 13.7 Å². The molecule has 0 fully saturated rings. The first-order valence-corrected chi connectivity index (χ1v) is 6.64. The summed E-state index contributed by atoms with van der Waals surface area (Å²) in [7, 11) is 1.56. The van der Waals surface area contributed by atoms with Gasteiger partial charge in [0.15, 0.2) is 0 Å². The normalized spacial score (nSPS) is 13.3. The number of halogens is 2. The average molecular weight is 352 g/mol. The second-order valence-corrected chi connectivity index (χ2v) is 4.96. The van der Waals surface area contributed by atoms with Crippen molar-refractivity contribution in [3.63, 3.8) is 0 Å². The molecule has 108 valence electrons. The van der Waals surface area contributed by atoms with Crippen molar-refractivity contribution in [3.8, 4) is 0 Å². The summed E-state index contributed by atoms with van der Waals surface area (Å²) < 4.78 is 6.07. The van der Waals surface area contributed by atoms with Gasteiger partial charge in [-0.15, -0.1) is 12.4 Å². The highest BCUT2D eigenvalue weighted by atomic mass is 79.9. The molecule has 6 heteroatoms. The predicted octanol–water partition coefficient (Wildman–Crippen LogP) is 2.41. The van der Waals surface area contributed by atoms with Crippen LogP contribution in [0.3, 0.4) is 0 Å². The number of ether oxygens (including phenoxy) is 1. The molecule has 1 rings (SSSR count). The van der Waals surface area contributed by atoms with E-state index < -0.39 is 0 Å². The second kappa shape index (κ2) is 9.31. The van der Waals surface area contributed by atoms with Gasteiger partial charge < -0.3 is 15.8 Å². The Morgan fingerprint density at radius 2 is 2.11 bits per heavy atom. The zero-order valence-electron chi connectivity index (χ0n) is 11.1. The minimum absolute atomic E-state index is 0. The van der Waals surface area contributed by atoms with E-state index in [0.29, 0.717) is 6.54 Å². The van der Waals surface area contributed by atoms with Crippen LogP contribution in [-0.4, -0.2) is 25.7 Å². The zero-order valence-corrected chi connectivity index (χ0v) is 13.5. The van der Waals surface area contributed by atoms with Gasteiger partial charge in [-0.2, -0.15) is 0 Å². The molecule has 0 saturated carbocycles. The molecule has 0 aliphatic heterocycles. The third-order valence-electron chi connectivity index (χ3n) is 2.76. The lowest BCUT2D eigenvalue weighted by Crippen LogP contribution is -2.33. The van der Waals surface area contributed by atoms with Crippen LogP contribution in [0.5, 0.6) is 0 Å². The van der Waals surface area contributed by atoms with Gasteiger partial charge in [-0.1, -0.05) is 34.1 Å². The summed E-state index contributed by atoms with van der Waals surface area (Å²) in [6.45, 7) is 2.29. The molecule has 1 amide bonds. The Labute approximate surface area is 128 Å². The minimum Gasteiger partial charge on any atom is -0.380 e. The summed E-state index contributed by atoms with van der Waals surface area (Å²) in [5.74, 6) is -0.0597. The van der Waals surface area contributed by atoms with Crippen LogP contribution < -0.4 is 11.1 Å². The third kappa shape index (κ3) is 5.91. The SMILES string of the molecule is COC(CN)CC(=O)NC(C)c1ccccc1Br.Cl. The van der Waals surface area contributed by atoms with E-state index >= 15 is 0 Å². The van der Waals surface area contributed by atoms with Crippen molar-refractivity contribution >= 4 is 34.2 Å². The van der Waals surface area contributed by atoms with Crippen LogP contribution in [0.1, 0.15) is 24.9 Å². The Kier molecular flexibility index (Phi) is 9.01. The summed E-state index contributed by atoms with van der Waals surface area (Å²) in [5, 5.41) is 2.93. The number of benzene rings is 1. The average Bonchev–Trinajstić information content (AvgIpc) is 2.36.